The van der Waals surface area contributed by atoms with Crippen molar-refractivity contribution >= 4 is 23.1 Å². The van der Waals surface area contributed by atoms with Crippen molar-refractivity contribution in [3.05, 3.63) is 30.1 Å². The first-order valence-electron chi connectivity index (χ1n) is 6.88. The topological polar surface area (TPSA) is 20.5 Å². The summed E-state index contributed by atoms with van der Waals surface area (Å²) >= 11 is 6.14. The predicted molar refractivity (Wildman–Crippen MR) is 80.0 cm³/mol. The van der Waals surface area contributed by atoms with E-state index in [1.54, 1.807) is 0 Å². The Morgan fingerprint density at radius 2 is 2.00 bits per heavy atom. The van der Waals surface area contributed by atoms with Gasteiger partial charge in [0, 0.05) is 19.3 Å². The quantitative estimate of drug-likeness (QED) is 0.780. The molecule has 0 unspecified atom stereocenters. The van der Waals surface area contributed by atoms with Gasteiger partial charge in [-0.05, 0) is 30.4 Å². The van der Waals surface area contributed by atoms with E-state index >= 15 is 0 Å². The number of alkyl halides is 1. The molecule has 2 aromatic rings. The van der Waals surface area contributed by atoms with Crippen molar-refractivity contribution in [3.8, 4) is 0 Å². The van der Waals surface area contributed by atoms with Crippen LogP contribution in [0.1, 0.15) is 32.4 Å². The third kappa shape index (κ3) is 2.32. The van der Waals surface area contributed by atoms with Gasteiger partial charge in [-0.2, -0.15) is 0 Å². The van der Waals surface area contributed by atoms with E-state index in [1.165, 1.54) is 12.8 Å². The lowest BCUT2D eigenvalue weighted by Gasteiger charge is -2.37. The molecule has 1 aliphatic heterocycles. The molecule has 3 nitrogen and oxygen atoms in total. The Balaban J connectivity index is 1.97. The number of aromatic nitrogens is 2. The average molecular weight is 278 g/mol. The van der Waals surface area contributed by atoms with Gasteiger partial charge in [-0.3, -0.25) is 0 Å². The number of imidazole rings is 1. The van der Waals surface area contributed by atoms with Crippen LogP contribution in [0.4, 0.5) is 5.82 Å². The molecule has 0 bridgehead atoms. The monoisotopic (exact) mass is 277 g/mol. The Morgan fingerprint density at radius 3 is 2.68 bits per heavy atom. The molecule has 0 aliphatic carbocycles. The average Bonchev–Trinajstić information content (AvgIpc) is 2.77. The lowest BCUT2D eigenvalue weighted by Crippen LogP contribution is -2.37. The molecule has 1 aliphatic rings. The van der Waals surface area contributed by atoms with E-state index in [-0.39, 0.29) is 0 Å². The molecule has 19 heavy (non-hydrogen) atoms. The zero-order valence-electron chi connectivity index (χ0n) is 11.6. The van der Waals surface area contributed by atoms with Gasteiger partial charge < -0.3 is 9.30 Å². The number of hydrogen-bond acceptors (Lipinski definition) is 2. The Bertz CT molecular complexity index is 578. The van der Waals surface area contributed by atoms with Crippen LogP contribution in [-0.4, -0.2) is 22.5 Å². The standard InChI is InChI=1S/C15H20ClN3/c1-15(2)6-9-18(10-7-15)14-12(11-16)19-8-4-3-5-13(19)17-14/h3-5,8H,6-7,9-11H2,1-2H3. The summed E-state index contributed by atoms with van der Waals surface area (Å²) in [6.07, 6.45) is 4.46. The highest BCUT2D eigenvalue weighted by molar-refractivity contribution is 6.17. The molecule has 0 N–H and O–H groups in total. The fourth-order valence-corrected chi connectivity index (χ4v) is 2.98. The number of rotatable bonds is 2. The third-order valence-corrected chi connectivity index (χ3v) is 4.40. The van der Waals surface area contributed by atoms with Crippen molar-refractivity contribution in [2.24, 2.45) is 5.41 Å². The van der Waals surface area contributed by atoms with Crippen LogP contribution in [-0.2, 0) is 5.88 Å². The van der Waals surface area contributed by atoms with E-state index in [2.05, 4.69) is 23.1 Å². The second-order valence-corrected chi connectivity index (χ2v) is 6.36. The van der Waals surface area contributed by atoms with E-state index in [1.807, 2.05) is 24.4 Å². The van der Waals surface area contributed by atoms with Crippen molar-refractivity contribution < 1.29 is 0 Å². The van der Waals surface area contributed by atoms with Crippen molar-refractivity contribution in [1.82, 2.24) is 9.38 Å². The number of piperidine rings is 1. The Kier molecular flexibility index (Phi) is 3.17. The Morgan fingerprint density at radius 1 is 1.26 bits per heavy atom. The minimum absolute atomic E-state index is 0.455. The minimum atomic E-state index is 0.455. The normalized spacial score (nSPS) is 19.0. The highest BCUT2D eigenvalue weighted by atomic mass is 35.5. The number of halogens is 1. The smallest absolute Gasteiger partial charge is 0.152 e. The molecule has 2 aromatic heterocycles. The maximum atomic E-state index is 6.14. The highest BCUT2D eigenvalue weighted by Crippen LogP contribution is 2.33. The van der Waals surface area contributed by atoms with Crippen LogP contribution in [0.5, 0.6) is 0 Å². The largest absolute Gasteiger partial charge is 0.355 e. The predicted octanol–water partition coefficient (Wildman–Crippen LogP) is 3.70. The second-order valence-electron chi connectivity index (χ2n) is 6.10. The first-order valence-corrected chi connectivity index (χ1v) is 7.41. The molecule has 0 amide bonds. The third-order valence-electron chi connectivity index (χ3n) is 4.15. The van der Waals surface area contributed by atoms with Gasteiger partial charge in [0.25, 0.3) is 0 Å². The summed E-state index contributed by atoms with van der Waals surface area (Å²) in [5, 5.41) is 0. The maximum Gasteiger partial charge on any atom is 0.152 e. The molecule has 0 aromatic carbocycles. The van der Waals surface area contributed by atoms with Crippen molar-refractivity contribution in [3.63, 3.8) is 0 Å². The van der Waals surface area contributed by atoms with Crippen molar-refractivity contribution in [2.75, 3.05) is 18.0 Å². The number of fused-ring (bicyclic) bond motifs is 1. The lowest BCUT2D eigenvalue weighted by atomic mass is 9.83. The van der Waals surface area contributed by atoms with Crippen LogP contribution in [0.25, 0.3) is 5.65 Å². The molecular weight excluding hydrogens is 258 g/mol. The number of hydrogen-bond donors (Lipinski definition) is 0. The molecule has 1 fully saturated rings. The van der Waals surface area contributed by atoms with Gasteiger partial charge in [0.2, 0.25) is 0 Å². The van der Waals surface area contributed by atoms with Gasteiger partial charge in [0.15, 0.2) is 5.82 Å². The van der Waals surface area contributed by atoms with E-state index in [0.29, 0.717) is 11.3 Å². The SMILES string of the molecule is CC1(C)CCN(c2nc3ccccn3c2CCl)CC1. The molecule has 4 heteroatoms. The Hall–Kier alpha value is -1.22. The van der Waals surface area contributed by atoms with Gasteiger partial charge in [-0.25, -0.2) is 4.98 Å². The van der Waals surface area contributed by atoms with Crippen molar-refractivity contribution in [2.45, 2.75) is 32.6 Å². The van der Waals surface area contributed by atoms with E-state index in [9.17, 15) is 0 Å². The molecule has 0 spiro atoms. The fraction of sp³-hybridized carbons (Fsp3) is 0.533. The fourth-order valence-electron chi connectivity index (χ4n) is 2.74. The first kappa shape index (κ1) is 12.8. The van der Waals surface area contributed by atoms with Gasteiger partial charge in [0.05, 0.1) is 11.6 Å². The zero-order valence-corrected chi connectivity index (χ0v) is 12.3. The van der Waals surface area contributed by atoms with Crippen LogP contribution in [0.2, 0.25) is 0 Å². The second kappa shape index (κ2) is 4.71. The molecule has 0 radical (unpaired) electrons. The van der Waals surface area contributed by atoms with Crippen LogP contribution in [0, 0.1) is 5.41 Å². The molecule has 0 saturated carbocycles. The number of nitrogens with zero attached hydrogens (tertiary/aromatic N) is 3. The number of anilines is 1. The summed E-state index contributed by atoms with van der Waals surface area (Å²) in [5.74, 6) is 1.57. The van der Waals surface area contributed by atoms with Crippen LogP contribution < -0.4 is 4.90 Å². The van der Waals surface area contributed by atoms with Crippen LogP contribution in [0.15, 0.2) is 24.4 Å². The van der Waals surface area contributed by atoms with Crippen molar-refractivity contribution in [1.29, 1.82) is 0 Å². The molecule has 1 saturated heterocycles. The molecule has 3 heterocycles. The molecule has 3 rings (SSSR count). The van der Waals surface area contributed by atoms with Gasteiger partial charge in [-0.1, -0.05) is 19.9 Å². The van der Waals surface area contributed by atoms with E-state index in [4.69, 9.17) is 16.6 Å². The molecule has 102 valence electrons. The van der Waals surface area contributed by atoms with Crippen LogP contribution >= 0.6 is 11.6 Å². The van der Waals surface area contributed by atoms with Gasteiger partial charge >= 0.3 is 0 Å². The summed E-state index contributed by atoms with van der Waals surface area (Å²) in [6, 6.07) is 6.07. The zero-order chi connectivity index (χ0) is 13.5. The first-order chi connectivity index (χ1) is 9.11. The minimum Gasteiger partial charge on any atom is -0.355 e. The van der Waals surface area contributed by atoms with Crippen LogP contribution in [0.3, 0.4) is 0 Å². The summed E-state index contributed by atoms with van der Waals surface area (Å²) in [4.78, 5) is 7.14. The number of pyridine rings is 1. The highest BCUT2D eigenvalue weighted by Gasteiger charge is 2.28. The van der Waals surface area contributed by atoms with Gasteiger partial charge in [-0.15, -0.1) is 11.6 Å². The summed E-state index contributed by atoms with van der Waals surface area (Å²) in [7, 11) is 0. The summed E-state index contributed by atoms with van der Waals surface area (Å²) in [5.41, 5.74) is 2.55. The lowest BCUT2D eigenvalue weighted by molar-refractivity contribution is 0.279. The van der Waals surface area contributed by atoms with Gasteiger partial charge in [0.1, 0.15) is 5.65 Å². The molecule has 0 atom stereocenters. The summed E-state index contributed by atoms with van der Waals surface area (Å²) < 4.78 is 2.10. The Labute approximate surface area is 119 Å². The van der Waals surface area contributed by atoms with E-state index < -0.39 is 0 Å². The molecular formula is C15H20ClN3. The van der Waals surface area contributed by atoms with E-state index in [0.717, 1.165) is 30.2 Å². The summed E-state index contributed by atoms with van der Waals surface area (Å²) in [6.45, 7) is 6.83. The maximum absolute atomic E-state index is 6.14.